The van der Waals surface area contributed by atoms with E-state index in [0.717, 1.165) is 32.1 Å². The van der Waals surface area contributed by atoms with Crippen molar-refractivity contribution in [3.63, 3.8) is 0 Å². The van der Waals surface area contributed by atoms with E-state index in [9.17, 15) is 19.0 Å². The van der Waals surface area contributed by atoms with Gasteiger partial charge in [-0.2, -0.15) is 0 Å². The minimum atomic E-state index is -4.62. The van der Waals surface area contributed by atoms with Gasteiger partial charge in [-0.05, 0) is 12.8 Å². The van der Waals surface area contributed by atoms with E-state index < -0.39 is 26.5 Å². The maximum Gasteiger partial charge on any atom is 0.306 e. The highest BCUT2D eigenvalue weighted by atomic mass is 31.2. The Kier molecular flexibility index (Phi) is 43.5. The van der Waals surface area contributed by atoms with E-state index in [1.54, 1.807) is 0 Å². The van der Waals surface area contributed by atoms with Crippen molar-refractivity contribution in [3.8, 4) is 0 Å². The van der Waals surface area contributed by atoms with Gasteiger partial charge in [-0.3, -0.25) is 14.2 Å². The Morgan fingerprint density at radius 1 is 0.443 bits per heavy atom. The molecule has 0 aliphatic rings. The second kappa shape index (κ2) is 44.2. The molecule has 0 aromatic rings. The van der Waals surface area contributed by atoms with Crippen molar-refractivity contribution >= 4 is 19.8 Å². The van der Waals surface area contributed by atoms with Gasteiger partial charge in [-0.25, -0.2) is 0 Å². The topological polar surface area (TPSA) is 111 Å². The quantitative estimate of drug-likeness (QED) is 0.0257. The van der Waals surface area contributed by atoms with Crippen LogP contribution in [0.4, 0.5) is 0 Å². The second-order valence-corrected chi connectivity index (χ2v) is 20.7. The number of ether oxygens (including phenoxy) is 2. The molecule has 0 saturated carbocycles. The van der Waals surface area contributed by atoms with Crippen LogP contribution in [-0.2, 0) is 32.7 Å². The smallest absolute Gasteiger partial charge is 0.306 e. The molecule has 2 atom stereocenters. The van der Waals surface area contributed by atoms with Crippen molar-refractivity contribution in [2.75, 3.05) is 47.5 Å². The normalized spacial score (nSPS) is 13.3. The van der Waals surface area contributed by atoms with Crippen LogP contribution in [-0.4, -0.2) is 70.0 Å². The van der Waals surface area contributed by atoms with Crippen LogP contribution in [0.25, 0.3) is 0 Å². The van der Waals surface area contributed by atoms with Gasteiger partial charge in [0.25, 0.3) is 7.82 Å². The number of unbranched alkanes of at least 4 members (excludes halogenated alkanes) is 35. The van der Waals surface area contributed by atoms with Crippen LogP contribution in [0.1, 0.15) is 264 Å². The number of quaternary nitrogens is 1. The average molecular weight is 888 g/mol. The number of nitrogens with zero attached hydrogens (tertiary/aromatic N) is 1. The highest BCUT2D eigenvalue weighted by molar-refractivity contribution is 7.45. The molecule has 0 rings (SSSR count). The first-order valence-electron chi connectivity index (χ1n) is 26.2. The molecule has 0 N–H and O–H groups in total. The van der Waals surface area contributed by atoms with Gasteiger partial charge in [0.2, 0.25) is 0 Å². The lowest BCUT2D eigenvalue weighted by Crippen LogP contribution is -2.37. The molecule has 10 heteroatoms. The molecule has 9 nitrogen and oxygen atoms in total. The molecule has 0 spiro atoms. The first-order chi connectivity index (χ1) is 29.5. The number of phosphoric ester groups is 1. The maximum atomic E-state index is 12.7. The molecule has 0 fully saturated rings. The fraction of sp³-hybridized carbons (Fsp3) is 0.961. The van der Waals surface area contributed by atoms with Gasteiger partial charge < -0.3 is 27.9 Å². The predicted molar refractivity (Wildman–Crippen MR) is 255 cm³/mol. The van der Waals surface area contributed by atoms with Crippen molar-refractivity contribution in [1.29, 1.82) is 0 Å². The third-order valence-electron chi connectivity index (χ3n) is 11.9. The molecule has 61 heavy (non-hydrogen) atoms. The lowest BCUT2D eigenvalue weighted by Gasteiger charge is -2.28. The average Bonchev–Trinajstić information content (AvgIpc) is 3.21. The second-order valence-electron chi connectivity index (χ2n) is 19.3. The molecule has 2 unspecified atom stereocenters. The van der Waals surface area contributed by atoms with Crippen LogP contribution in [0.3, 0.4) is 0 Å². The van der Waals surface area contributed by atoms with Crippen molar-refractivity contribution in [2.45, 2.75) is 270 Å². The summed E-state index contributed by atoms with van der Waals surface area (Å²) >= 11 is 0. The van der Waals surface area contributed by atoms with E-state index in [1.165, 1.54) is 199 Å². The summed E-state index contributed by atoms with van der Waals surface area (Å²) in [6.45, 7) is 4.29. The van der Waals surface area contributed by atoms with Crippen LogP contribution < -0.4 is 4.89 Å². The first kappa shape index (κ1) is 60.0. The lowest BCUT2D eigenvalue weighted by atomic mass is 10.0. The number of hydrogen-bond acceptors (Lipinski definition) is 8. The van der Waals surface area contributed by atoms with Crippen LogP contribution in [0.2, 0.25) is 0 Å². The van der Waals surface area contributed by atoms with E-state index in [2.05, 4.69) is 13.8 Å². The molecule has 0 heterocycles. The molecule has 0 aliphatic heterocycles. The fourth-order valence-electron chi connectivity index (χ4n) is 7.78. The minimum absolute atomic E-state index is 0.0253. The van der Waals surface area contributed by atoms with Crippen LogP contribution >= 0.6 is 7.82 Å². The van der Waals surface area contributed by atoms with E-state index in [0.29, 0.717) is 17.4 Å². The van der Waals surface area contributed by atoms with Crippen LogP contribution in [0.15, 0.2) is 0 Å². The highest BCUT2D eigenvalue weighted by Gasteiger charge is 2.21. The summed E-state index contributed by atoms with van der Waals surface area (Å²) in [5, 5.41) is 0. The number of hydrogen-bond donors (Lipinski definition) is 0. The zero-order valence-electron chi connectivity index (χ0n) is 41.1. The van der Waals surface area contributed by atoms with E-state index >= 15 is 0 Å². The Labute approximate surface area is 378 Å². The molecule has 0 bridgehead atoms. The SMILES string of the molecule is CCCCCCCCCCCCCCCCCCCCCCCC(=O)OCC(COP(=O)([O-])OCC[N+](C)(C)C)OC(=O)CCCCCCCCCCCCCCCCCC. The van der Waals surface area contributed by atoms with E-state index in [-0.39, 0.29) is 32.0 Å². The summed E-state index contributed by atoms with van der Waals surface area (Å²) < 4.78 is 34.1. The van der Waals surface area contributed by atoms with Gasteiger partial charge in [0.05, 0.1) is 27.7 Å². The van der Waals surface area contributed by atoms with E-state index in [1.807, 2.05) is 21.1 Å². The van der Waals surface area contributed by atoms with Crippen LogP contribution in [0, 0.1) is 0 Å². The number of rotatable bonds is 49. The Bertz CT molecular complexity index is 1010. The molecular formula is C51H102NO8P. The fourth-order valence-corrected chi connectivity index (χ4v) is 8.50. The number of phosphoric acid groups is 1. The highest BCUT2D eigenvalue weighted by Crippen LogP contribution is 2.38. The van der Waals surface area contributed by atoms with Gasteiger partial charge in [0, 0.05) is 12.8 Å². The monoisotopic (exact) mass is 888 g/mol. The van der Waals surface area contributed by atoms with Crippen LogP contribution in [0.5, 0.6) is 0 Å². The molecule has 364 valence electrons. The summed E-state index contributed by atoms with van der Waals surface area (Å²) in [5.74, 6) is -0.813. The Balaban J connectivity index is 4.16. The largest absolute Gasteiger partial charge is 0.756 e. The molecule has 0 radical (unpaired) electrons. The molecule has 0 amide bonds. The van der Waals surface area contributed by atoms with Gasteiger partial charge in [-0.15, -0.1) is 0 Å². The summed E-state index contributed by atoms with van der Waals surface area (Å²) in [6.07, 6.45) is 47.0. The van der Waals surface area contributed by atoms with Gasteiger partial charge in [-0.1, -0.05) is 239 Å². The lowest BCUT2D eigenvalue weighted by molar-refractivity contribution is -0.870. The minimum Gasteiger partial charge on any atom is -0.756 e. The van der Waals surface area contributed by atoms with Gasteiger partial charge >= 0.3 is 11.9 Å². The molecular weight excluding hydrogens is 786 g/mol. The zero-order valence-corrected chi connectivity index (χ0v) is 42.0. The Hall–Kier alpha value is -0.990. The van der Waals surface area contributed by atoms with Gasteiger partial charge in [0.15, 0.2) is 6.10 Å². The first-order valence-corrected chi connectivity index (χ1v) is 27.7. The van der Waals surface area contributed by atoms with Gasteiger partial charge in [0.1, 0.15) is 19.8 Å². The zero-order chi connectivity index (χ0) is 45.0. The van der Waals surface area contributed by atoms with Crippen molar-refractivity contribution < 1.29 is 42.1 Å². The van der Waals surface area contributed by atoms with E-state index in [4.69, 9.17) is 18.5 Å². The summed E-state index contributed by atoms with van der Waals surface area (Å²) in [7, 11) is 1.19. The standard InChI is InChI=1S/C51H102NO8P/c1-6-8-10-12-14-16-18-20-22-24-25-26-27-28-30-31-33-35-37-39-41-43-50(53)57-47-49(48-59-61(55,56)58-46-45-52(3,4)5)60-51(54)44-42-40-38-36-34-32-29-23-21-19-17-15-13-11-9-7-2/h49H,6-48H2,1-5H3. The molecule has 0 aliphatic carbocycles. The summed E-state index contributed by atoms with van der Waals surface area (Å²) in [4.78, 5) is 37.7. The molecule has 0 saturated heterocycles. The third kappa shape index (κ3) is 48.3. The number of carbonyl (C=O) groups is 2. The summed E-state index contributed by atoms with van der Waals surface area (Å²) in [5.41, 5.74) is 0. The van der Waals surface area contributed by atoms with Crippen molar-refractivity contribution in [3.05, 3.63) is 0 Å². The number of esters is 2. The Morgan fingerprint density at radius 2 is 0.738 bits per heavy atom. The molecule has 0 aromatic heterocycles. The number of likely N-dealkylation sites (N-methyl/N-ethyl adjacent to an activating group) is 1. The number of carbonyl (C=O) groups excluding carboxylic acids is 2. The summed E-state index contributed by atoms with van der Waals surface area (Å²) in [6, 6.07) is 0. The Morgan fingerprint density at radius 3 is 1.05 bits per heavy atom. The maximum absolute atomic E-state index is 12.7. The molecule has 0 aromatic carbocycles. The van der Waals surface area contributed by atoms with Crippen molar-refractivity contribution in [2.24, 2.45) is 0 Å². The third-order valence-corrected chi connectivity index (χ3v) is 12.8. The predicted octanol–water partition coefficient (Wildman–Crippen LogP) is 14.9. The van der Waals surface area contributed by atoms with Crippen molar-refractivity contribution in [1.82, 2.24) is 0 Å².